The molecule has 0 unspecified atom stereocenters. The summed E-state index contributed by atoms with van der Waals surface area (Å²) in [5.41, 5.74) is 0.323. The minimum Gasteiger partial charge on any atom is -0.422 e. The van der Waals surface area contributed by atoms with Crippen LogP contribution in [0.2, 0.25) is 0 Å². The van der Waals surface area contributed by atoms with Crippen LogP contribution in [0.3, 0.4) is 0 Å². The van der Waals surface area contributed by atoms with Crippen molar-refractivity contribution in [1.82, 2.24) is 0 Å². The van der Waals surface area contributed by atoms with E-state index < -0.39 is 59.9 Å². The van der Waals surface area contributed by atoms with Crippen molar-refractivity contribution in [3.8, 4) is 28.0 Å². The summed E-state index contributed by atoms with van der Waals surface area (Å²) in [6.45, 7) is 2.38. The van der Waals surface area contributed by atoms with Crippen LogP contribution in [0.1, 0.15) is 25.3 Å². The zero-order valence-electron chi connectivity index (χ0n) is 21.6. The van der Waals surface area contributed by atoms with E-state index in [0.717, 1.165) is 18.9 Å². The largest absolute Gasteiger partial charge is 0.461 e. The average molecular weight is 592 g/mol. The van der Waals surface area contributed by atoms with Crippen molar-refractivity contribution >= 4 is 0 Å². The third kappa shape index (κ3) is 7.16. The predicted molar refractivity (Wildman–Crippen MR) is 132 cm³/mol. The number of hydrogen-bond donors (Lipinski definition) is 0. The smallest absolute Gasteiger partial charge is 0.422 e. The molecule has 0 N–H and O–H groups in total. The van der Waals surface area contributed by atoms with Gasteiger partial charge in [0.2, 0.25) is 6.29 Å². The SMILES string of the molecule is CCCC1COC(C(F)(F)Cc2ccc(-c3ccc(-c4cc(F)c(OC(F)(F)C(F)F)c(F)c4)c(F)c3)cc2)OC1. The predicted octanol–water partition coefficient (Wildman–Crippen LogP) is 8.64. The van der Waals surface area contributed by atoms with Gasteiger partial charge in [0.05, 0.1) is 13.2 Å². The quantitative estimate of drug-likeness (QED) is 0.221. The second-order valence-electron chi connectivity index (χ2n) is 9.72. The van der Waals surface area contributed by atoms with Gasteiger partial charge in [-0.05, 0) is 46.9 Å². The lowest BCUT2D eigenvalue weighted by molar-refractivity contribution is -0.290. The zero-order chi connectivity index (χ0) is 29.9. The van der Waals surface area contributed by atoms with Crippen molar-refractivity contribution in [2.75, 3.05) is 13.2 Å². The molecular formula is C29H25F9O3. The Morgan fingerprint density at radius 2 is 1.37 bits per heavy atom. The first kappa shape index (κ1) is 30.7. The number of halogens is 9. The molecule has 0 aliphatic carbocycles. The minimum atomic E-state index is -5.14. The van der Waals surface area contributed by atoms with Crippen LogP contribution in [0.25, 0.3) is 22.3 Å². The fourth-order valence-electron chi connectivity index (χ4n) is 4.45. The third-order valence-electron chi connectivity index (χ3n) is 6.51. The molecule has 1 aliphatic heterocycles. The summed E-state index contributed by atoms with van der Waals surface area (Å²) in [5, 5.41) is 0. The Morgan fingerprint density at radius 1 is 0.805 bits per heavy atom. The Morgan fingerprint density at radius 3 is 1.90 bits per heavy atom. The van der Waals surface area contributed by atoms with E-state index in [2.05, 4.69) is 4.74 Å². The normalized spacial score (nSPS) is 18.1. The van der Waals surface area contributed by atoms with E-state index in [0.29, 0.717) is 23.3 Å². The number of ether oxygens (including phenoxy) is 3. The van der Waals surface area contributed by atoms with E-state index in [-0.39, 0.29) is 30.3 Å². The van der Waals surface area contributed by atoms with Crippen LogP contribution in [0.5, 0.6) is 5.75 Å². The Bertz CT molecular complexity index is 1310. The molecule has 41 heavy (non-hydrogen) atoms. The second-order valence-corrected chi connectivity index (χ2v) is 9.72. The van der Waals surface area contributed by atoms with Crippen LogP contribution >= 0.6 is 0 Å². The first-order valence-electron chi connectivity index (χ1n) is 12.6. The summed E-state index contributed by atoms with van der Waals surface area (Å²) in [4.78, 5) is 0. The standard InChI is InChI=1S/C29H25F9O3/c1-2-3-17-14-39-27(40-15-17)28(35,36)13-16-4-6-18(7-5-16)19-8-9-21(22(30)10-19)20-11-23(31)25(24(32)12-20)41-29(37,38)26(33)34/h4-12,17,26-27H,2-3,13-15H2,1H3. The molecule has 1 fully saturated rings. The maximum atomic E-state index is 14.9. The first-order chi connectivity index (χ1) is 19.3. The maximum absolute atomic E-state index is 14.9. The zero-order valence-corrected chi connectivity index (χ0v) is 21.6. The van der Waals surface area contributed by atoms with Crippen LogP contribution < -0.4 is 4.74 Å². The van der Waals surface area contributed by atoms with Crippen molar-refractivity contribution < 1.29 is 53.7 Å². The van der Waals surface area contributed by atoms with E-state index in [1.807, 2.05) is 6.92 Å². The molecule has 0 atom stereocenters. The molecule has 3 aromatic carbocycles. The highest BCUT2D eigenvalue weighted by atomic mass is 19.3. The molecule has 0 spiro atoms. The molecule has 4 rings (SSSR count). The average Bonchev–Trinajstić information content (AvgIpc) is 2.91. The van der Waals surface area contributed by atoms with E-state index in [9.17, 15) is 39.5 Å². The number of hydrogen-bond acceptors (Lipinski definition) is 3. The van der Waals surface area contributed by atoms with Gasteiger partial charge in [0.1, 0.15) is 5.82 Å². The minimum absolute atomic E-state index is 0.0792. The lowest BCUT2D eigenvalue weighted by Gasteiger charge is -2.34. The monoisotopic (exact) mass is 592 g/mol. The topological polar surface area (TPSA) is 27.7 Å². The van der Waals surface area contributed by atoms with Crippen molar-refractivity contribution in [3.05, 3.63) is 77.6 Å². The van der Waals surface area contributed by atoms with Crippen LogP contribution in [-0.4, -0.2) is 38.0 Å². The highest BCUT2D eigenvalue weighted by Gasteiger charge is 2.46. The molecule has 3 nitrogen and oxygen atoms in total. The van der Waals surface area contributed by atoms with E-state index in [1.165, 1.54) is 36.4 Å². The Kier molecular flexibility index (Phi) is 9.22. The van der Waals surface area contributed by atoms with Gasteiger partial charge in [0, 0.05) is 17.9 Å². The van der Waals surface area contributed by atoms with Crippen molar-refractivity contribution in [2.24, 2.45) is 5.92 Å². The maximum Gasteiger partial charge on any atom is 0.461 e. The van der Waals surface area contributed by atoms with Gasteiger partial charge in [-0.2, -0.15) is 17.6 Å². The molecule has 0 aromatic heterocycles. The van der Waals surface area contributed by atoms with Gasteiger partial charge < -0.3 is 14.2 Å². The van der Waals surface area contributed by atoms with Crippen molar-refractivity contribution in [2.45, 2.75) is 50.9 Å². The van der Waals surface area contributed by atoms with Crippen molar-refractivity contribution in [1.29, 1.82) is 0 Å². The fraction of sp³-hybridized carbons (Fsp3) is 0.379. The summed E-state index contributed by atoms with van der Waals surface area (Å²) in [6.07, 6.45) is -10.1. The van der Waals surface area contributed by atoms with Gasteiger partial charge in [-0.25, -0.2) is 22.0 Å². The van der Waals surface area contributed by atoms with Gasteiger partial charge in [0.15, 0.2) is 17.4 Å². The Balaban J connectivity index is 1.46. The summed E-state index contributed by atoms with van der Waals surface area (Å²) < 4.78 is 138. The first-order valence-corrected chi connectivity index (χ1v) is 12.6. The molecule has 1 heterocycles. The van der Waals surface area contributed by atoms with Crippen LogP contribution in [0.4, 0.5) is 39.5 Å². The van der Waals surface area contributed by atoms with Gasteiger partial charge in [-0.1, -0.05) is 49.7 Å². The van der Waals surface area contributed by atoms with Gasteiger partial charge in [-0.3, -0.25) is 0 Å². The van der Waals surface area contributed by atoms with Gasteiger partial charge in [0.25, 0.3) is 0 Å². The highest BCUT2D eigenvalue weighted by molar-refractivity contribution is 5.71. The lowest BCUT2D eigenvalue weighted by atomic mass is 9.97. The summed E-state index contributed by atoms with van der Waals surface area (Å²) >= 11 is 0. The molecule has 12 heteroatoms. The number of rotatable bonds is 10. The molecule has 3 aromatic rings. The van der Waals surface area contributed by atoms with Gasteiger partial charge >= 0.3 is 18.5 Å². The molecular weight excluding hydrogens is 567 g/mol. The molecule has 0 radical (unpaired) electrons. The molecule has 0 saturated carbocycles. The lowest BCUT2D eigenvalue weighted by Crippen LogP contribution is -2.45. The third-order valence-corrected chi connectivity index (χ3v) is 6.51. The van der Waals surface area contributed by atoms with E-state index in [4.69, 9.17) is 9.47 Å². The van der Waals surface area contributed by atoms with E-state index >= 15 is 0 Å². The second kappa shape index (κ2) is 12.3. The van der Waals surface area contributed by atoms with Crippen LogP contribution in [0.15, 0.2) is 54.6 Å². The highest BCUT2D eigenvalue weighted by Crippen LogP contribution is 2.36. The summed E-state index contributed by atoms with van der Waals surface area (Å²) in [7, 11) is 0. The molecule has 222 valence electrons. The van der Waals surface area contributed by atoms with Crippen LogP contribution in [-0.2, 0) is 15.9 Å². The van der Waals surface area contributed by atoms with Crippen molar-refractivity contribution in [3.63, 3.8) is 0 Å². The fourth-order valence-corrected chi connectivity index (χ4v) is 4.45. The number of benzene rings is 3. The Labute approximate surface area is 229 Å². The number of alkyl halides is 6. The molecule has 0 bridgehead atoms. The summed E-state index contributed by atoms with van der Waals surface area (Å²) in [5.74, 6) is -9.36. The molecule has 1 aliphatic rings. The van der Waals surface area contributed by atoms with Crippen LogP contribution in [0, 0.1) is 23.4 Å². The van der Waals surface area contributed by atoms with Gasteiger partial charge in [-0.15, -0.1) is 0 Å². The molecule has 0 amide bonds. The molecule has 1 saturated heterocycles. The Hall–Kier alpha value is -3.25. The summed E-state index contributed by atoms with van der Waals surface area (Å²) in [6, 6.07) is 10.4. The van der Waals surface area contributed by atoms with E-state index in [1.54, 1.807) is 0 Å².